The molecule has 6 aliphatic carbocycles. The average Bonchev–Trinajstić information content (AvgIpc) is 3.25. The molecule has 0 aromatic heterocycles. The predicted octanol–water partition coefficient (Wildman–Crippen LogP) is 19.2. The number of hydrogen-bond donors (Lipinski definition) is 0. The van der Waals surface area contributed by atoms with Crippen LogP contribution in [0.15, 0.2) is 267 Å². The van der Waals surface area contributed by atoms with Gasteiger partial charge in [-0.1, -0.05) is 243 Å². The first kappa shape index (κ1) is 45.5. The van der Waals surface area contributed by atoms with E-state index in [0.29, 0.717) is 0 Å². The molecule has 0 heteroatoms. The SMILES string of the molecule is c1ccc2c(c1)CC1(Cc3ccccc3-2)c2ccccc2-c2ccc(-c3ccc4c(c3)C3(Cc5ccccc5-c5ccccc5C3)c3cc(-c5ccc6c(c5)C5(Cc7ccccc7-c7ccccc7C5)c5ccccc5-6)ccc3-4)cc21. The van der Waals surface area contributed by atoms with Gasteiger partial charge in [0.1, 0.15) is 0 Å². The van der Waals surface area contributed by atoms with Crippen LogP contribution in [-0.4, -0.2) is 0 Å². The van der Waals surface area contributed by atoms with E-state index in [0.717, 1.165) is 38.5 Å². The van der Waals surface area contributed by atoms with Crippen molar-refractivity contribution in [2.45, 2.75) is 54.8 Å². The highest BCUT2D eigenvalue weighted by atomic mass is 14.5. The molecular weight excluding hydrogens is 973 g/mol. The Hall–Kier alpha value is -9.36. The molecule has 12 aromatic carbocycles. The molecule has 0 aliphatic heterocycles. The zero-order chi connectivity index (χ0) is 53.0. The summed E-state index contributed by atoms with van der Waals surface area (Å²) in [6.07, 6.45) is 5.63. The number of hydrogen-bond acceptors (Lipinski definition) is 0. The van der Waals surface area contributed by atoms with Crippen LogP contribution in [0.1, 0.15) is 66.8 Å². The molecule has 0 radical (unpaired) electrons. The normalized spacial score (nSPS) is 15.9. The summed E-state index contributed by atoms with van der Waals surface area (Å²) in [7, 11) is 0. The second kappa shape index (κ2) is 16.8. The van der Waals surface area contributed by atoms with E-state index in [9.17, 15) is 0 Å². The van der Waals surface area contributed by atoms with Crippen molar-refractivity contribution in [3.05, 3.63) is 334 Å². The van der Waals surface area contributed by atoms with Gasteiger partial charge < -0.3 is 0 Å². The van der Waals surface area contributed by atoms with Crippen LogP contribution in [0.2, 0.25) is 0 Å². The lowest BCUT2D eigenvalue weighted by Gasteiger charge is -2.33. The van der Waals surface area contributed by atoms with Crippen LogP contribution in [0, 0.1) is 0 Å². The van der Waals surface area contributed by atoms with Gasteiger partial charge in [0, 0.05) is 16.2 Å². The van der Waals surface area contributed by atoms with Crippen molar-refractivity contribution in [2.75, 3.05) is 0 Å². The van der Waals surface area contributed by atoms with Gasteiger partial charge in [-0.3, -0.25) is 0 Å². The average molecular weight is 1030 g/mol. The third-order valence-electron chi connectivity index (χ3n) is 20.5. The minimum atomic E-state index is -0.328. The third-order valence-corrected chi connectivity index (χ3v) is 20.5. The van der Waals surface area contributed by atoms with Crippen LogP contribution in [0.5, 0.6) is 0 Å². The highest BCUT2D eigenvalue weighted by molar-refractivity contribution is 5.92. The summed E-state index contributed by atoms with van der Waals surface area (Å²) in [4.78, 5) is 0. The van der Waals surface area contributed by atoms with Crippen LogP contribution in [-0.2, 0) is 54.8 Å². The summed E-state index contributed by atoms with van der Waals surface area (Å²) < 4.78 is 0. The molecule has 380 valence electrons. The molecule has 0 saturated heterocycles. The van der Waals surface area contributed by atoms with E-state index in [1.165, 1.54) is 156 Å². The van der Waals surface area contributed by atoms with Crippen molar-refractivity contribution in [3.8, 4) is 89.0 Å². The van der Waals surface area contributed by atoms with E-state index in [1.54, 1.807) is 0 Å². The monoisotopic (exact) mass is 1030 g/mol. The Morgan fingerprint density at radius 1 is 0.160 bits per heavy atom. The van der Waals surface area contributed by atoms with Gasteiger partial charge in [0.15, 0.2) is 0 Å². The lowest BCUT2D eigenvalue weighted by molar-refractivity contribution is 0.525. The Morgan fingerprint density at radius 3 is 0.593 bits per heavy atom. The first-order chi connectivity index (χ1) is 40.0. The van der Waals surface area contributed by atoms with E-state index in [1.807, 2.05) is 0 Å². The largest absolute Gasteiger partial charge is 0.0620 e. The van der Waals surface area contributed by atoms with Crippen molar-refractivity contribution in [1.29, 1.82) is 0 Å². The van der Waals surface area contributed by atoms with Crippen LogP contribution >= 0.6 is 0 Å². The smallest absolute Gasteiger partial charge is 0.0296 e. The molecule has 0 amide bonds. The topological polar surface area (TPSA) is 0 Å². The Bertz CT molecular complexity index is 4280. The lowest BCUT2D eigenvalue weighted by Crippen LogP contribution is -2.31. The van der Waals surface area contributed by atoms with E-state index in [2.05, 4.69) is 267 Å². The van der Waals surface area contributed by atoms with Gasteiger partial charge >= 0.3 is 0 Å². The second-order valence-corrected chi connectivity index (χ2v) is 24.4. The van der Waals surface area contributed by atoms with E-state index in [4.69, 9.17) is 0 Å². The number of benzene rings is 12. The number of rotatable bonds is 2. The summed E-state index contributed by atoms with van der Waals surface area (Å²) in [5.74, 6) is 0. The van der Waals surface area contributed by atoms with Crippen molar-refractivity contribution < 1.29 is 0 Å². The molecule has 18 rings (SSSR count). The van der Waals surface area contributed by atoms with Crippen molar-refractivity contribution in [2.24, 2.45) is 0 Å². The fourth-order valence-corrected chi connectivity index (χ4v) is 17.0. The van der Waals surface area contributed by atoms with Gasteiger partial charge in [0.2, 0.25) is 0 Å². The van der Waals surface area contributed by atoms with E-state index < -0.39 is 0 Å². The molecule has 0 nitrogen and oxygen atoms in total. The molecule has 12 aromatic rings. The quantitative estimate of drug-likeness (QED) is 0.162. The van der Waals surface area contributed by atoms with Gasteiger partial charge in [-0.15, -0.1) is 0 Å². The van der Waals surface area contributed by atoms with Crippen molar-refractivity contribution in [1.82, 2.24) is 0 Å². The fraction of sp³-hybridized carbons (Fsp3) is 0.111. The summed E-state index contributed by atoms with van der Waals surface area (Å²) in [5, 5.41) is 0. The Kier molecular flexibility index (Phi) is 9.46. The zero-order valence-corrected chi connectivity index (χ0v) is 45.1. The molecule has 0 heterocycles. The molecule has 0 saturated carbocycles. The van der Waals surface area contributed by atoms with Gasteiger partial charge in [-0.2, -0.15) is 0 Å². The molecule has 0 unspecified atom stereocenters. The van der Waals surface area contributed by atoms with Crippen LogP contribution in [0.3, 0.4) is 0 Å². The third kappa shape index (κ3) is 6.37. The first-order valence-corrected chi connectivity index (χ1v) is 29.3. The van der Waals surface area contributed by atoms with Gasteiger partial charge in [-0.05, 0) is 219 Å². The molecule has 0 atom stereocenters. The van der Waals surface area contributed by atoms with Gasteiger partial charge in [-0.25, -0.2) is 0 Å². The Labute approximate surface area is 474 Å². The van der Waals surface area contributed by atoms with Crippen LogP contribution in [0.25, 0.3) is 89.0 Å². The van der Waals surface area contributed by atoms with E-state index in [-0.39, 0.29) is 16.2 Å². The maximum Gasteiger partial charge on any atom is 0.0296 e. The van der Waals surface area contributed by atoms with E-state index >= 15 is 0 Å². The molecule has 81 heavy (non-hydrogen) atoms. The summed E-state index contributed by atoms with van der Waals surface area (Å²) in [6.45, 7) is 0. The summed E-state index contributed by atoms with van der Waals surface area (Å²) in [6, 6.07) is 104. The molecule has 6 aliphatic rings. The minimum absolute atomic E-state index is 0.213. The van der Waals surface area contributed by atoms with Crippen molar-refractivity contribution in [3.63, 3.8) is 0 Å². The maximum absolute atomic E-state index is 2.62. The van der Waals surface area contributed by atoms with Crippen molar-refractivity contribution >= 4 is 0 Å². The Morgan fingerprint density at radius 2 is 0.346 bits per heavy atom. The van der Waals surface area contributed by atoms with Gasteiger partial charge in [0.25, 0.3) is 0 Å². The number of fused-ring (bicyclic) bond motifs is 24. The summed E-state index contributed by atoms with van der Waals surface area (Å²) in [5.41, 5.74) is 38.0. The molecule has 0 N–H and O–H groups in total. The maximum atomic E-state index is 2.62. The predicted molar refractivity (Wildman–Crippen MR) is 334 cm³/mol. The standard InChI is InChI=1S/C81H56/c1-7-23-61-55(17-1)45-79(46-56-18-2-8-24-62(56)61)73-31-15-13-29-67(73)69-37-33-51(41-75(69)79)53-35-39-71-72-40-36-54(44-78(72)81(77(71)43-53)49-59-21-5-11-27-65(59)66-28-12-6-22-60(66)50-81)52-34-38-70-68-30-14-16-32-74(68)80(76(70)42-52)47-57-19-3-9-25-63(57)64-26-10-4-20-58(64)48-80/h1-44H,45-50H2. The minimum Gasteiger partial charge on any atom is -0.0620 e. The molecule has 0 bridgehead atoms. The first-order valence-electron chi connectivity index (χ1n) is 29.3. The molecular formula is C81H56. The fourth-order valence-electron chi connectivity index (χ4n) is 17.0. The highest BCUT2D eigenvalue weighted by Crippen LogP contribution is 2.60. The van der Waals surface area contributed by atoms with Crippen LogP contribution in [0.4, 0.5) is 0 Å². The molecule has 3 spiro atoms. The van der Waals surface area contributed by atoms with Gasteiger partial charge in [0.05, 0.1) is 0 Å². The molecule has 0 fully saturated rings. The second-order valence-electron chi connectivity index (χ2n) is 24.4. The van der Waals surface area contributed by atoms with Crippen LogP contribution < -0.4 is 0 Å². The highest BCUT2D eigenvalue weighted by Gasteiger charge is 2.49. The zero-order valence-electron chi connectivity index (χ0n) is 45.1. The Balaban J connectivity index is 0.813. The lowest BCUT2D eigenvalue weighted by atomic mass is 9.69. The summed E-state index contributed by atoms with van der Waals surface area (Å²) >= 11 is 0.